The lowest BCUT2D eigenvalue weighted by Crippen LogP contribution is -1.78. The first-order valence-corrected chi connectivity index (χ1v) is 3.36. The fourth-order valence-corrected chi connectivity index (χ4v) is 0.820. The van der Waals surface area contributed by atoms with Crippen LogP contribution in [0.1, 0.15) is 11.1 Å². The van der Waals surface area contributed by atoms with Crippen LogP contribution < -0.4 is 0 Å². The maximum absolute atomic E-state index is 9.96. The highest BCUT2D eigenvalue weighted by Crippen LogP contribution is 2.02. The van der Waals surface area contributed by atoms with Crippen LogP contribution >= 0.6 is 0 Å². The molecule has 1 rings (SSSR count). The zero-order valence-corrected chi connectivity index (χ0v) is 6.32. The van der Waals surface area contributed by atoms with Crippen molar-refractivity contribution in [2.75, 3.05) is 0 Å². The molecule has 0 bridgehead atoms. The van der Waals surface area contributed by atoms with Crippen molar-refractivity contribution in [2.24, 2.45) is 0 Å². The van der Waals surface area contributed by atoms with E-state index in [1.807, 2.05) is 13.0 Å². The van der Waals surface area contributed by atoms with Gasteiger partial charge < -0.3 is 0 Å². The Balaban J connectivity index is 2.87. The van der Waals surface area contributed by atoms with Gasteiger partial charge in [0.1, 0.15) is 6.29 Å². The van der Waals surface area contributed by atoms with Crippen LogP contribution in [0.3, 0.4) is 0 Å². The van der Waals surface area contributed by atoms with E-state index in [2.05, 4.69) is 4.98 Å². The predicted octanol–water partition coefficient (Wildman–Crippen LogP) is 1.60. The molecule has 0 radical (unpaired) electrons. The number of aldehydes is 1. The Bertz CT molecular complexity index is 279. The Morgan fingerprint density at radius 1 is 1.45 bits per heavy atom. The van der Waals surface area contributed by atoms with Crippen LogP contribution in [0.25, 0.3) is 6.08 Å². The fourth-order valence-electron chi connectivity index (χ4n) is 0.820. The topological polar surface area (TPSA) is 30.0 Å². The number of nitrogens with zero attached hydrogens (tertiary/aromatic N) is 1. The second-order valence-electron chi connectivity index (χ2n) is 2.29. The molecule has 0 aromatic carbocycles. The molecule has 0 saturated heterocycles. The molecule has 0 aliphatic carbocycles. The van der Waals surface area contributed by atoms with Gasteiger partial charge in [-0.3, -0.25) is 9.78 Å². The number of carbonyl (C=O) groups excluding carboxylic acids is 1. The number of pyridine rings is 1. The van der Waals surface area contributed by atoms with Crippen molar-refractivity contribution in [3.05, 3.63) is 35.7 Å². The maximum atomic E-state index is 9.96. The molecule has 1 heterocycles. The number of aromatic nitrogens is 1. The number of hydrogen-bond donors (Lipinski definition) is 0. The van der Waals surface area contributed by atoms with Crippen LogP contribution in [-0.4, -0.2) is 11.3 Å². The van der Waals surface area contributed by atoms with Crippen LogP contribution in [0.4, 0.5) is 0 Å². The summed E-state index contributed by atoms with van der Waals surface area (Å²) in [5, 5.41) is 0. The number of allylic oxidation sites excluding steroid dienone is 1. The van der Waals surface area contributed by atoms with Crippen molar-refractivity contribution >= 4 is 12.4 Å². The molecular formula is C9H9NO. The molecular weight excluding hydrogens is 138 g/mol. The molecule has 0 spiro atoms. The highest BCUT2D eigenvalue weighted by molar-refractivity contribution is 5.73. The Morgan fingerprint density at radius 3 is 2.91 bits per heavy atom. The third-order valence-corrected chi connectivity index (χ3v) is 1.26. The van der Waals surface area contributed by atoms with Crippen molar-refractivity contribution in [2.45, 2.75) is 6.92 Å². The van der Waals surface area contributed by atoms with Crippen LogP contribution in [0.5, 0.6) is 0 Å². The van der Waals surface area contributed by atoms with Crippen molar-refractivity contribution in [1.29, 1.82) is 0 Å². The third-order valence-electron chi connectivity index (χ3n) is 1.26. The molecule has 0 unspecified atom stereocenters. The molecule has 0 aliphatic heterocycles. The van der Waals surface area contributed by atoms with Crippen molar-refractivity contribution in [3.8, 4) is 0 Å². The minimum Gasteiger partial charge on any atom is -0.299 e. The molecule has 0 N–H and O–H groups in total. The average Bonchev–Trinajstić information content (AvgIpc) is 2.01. The zero-order valence-electron chi connectivity index (χ0n) is 6.32. The largest absolute Gasteiger partial charge is 0.299 e. The van der Waals surface area contributed by atoms with E-state index in [0.29, 0.717) is 0 Å². The normalized spacial score (nSPS) is 10.3. The van der Waals surface area contributed by atoms with Crippen LogP contribution in [0.15, 0.2) is 24.5 Å². The number of carbonyl (C=O) groups is 1. The minimum atomic E-state index is 0.752. The highest BCUT2D eigenvalue weighted by Gasteiger charge is 1.86. The van der Waals surface area contributed by atoms with E-state index in [1.54, 1.807) is 18.5 Å². The lowest BCUT2D eigenvalue weighted by molar-refractivity contribution is -0.104. The summed E-state index contributed by atoms with van der Waals surface area (Å²) >= 11 is 0. The molecule has 0 atom stereocenters. The summed E-state index contributed by atoms with van der Waals surface area (Å²) in [5.74, 6) is 0. The zero-order chi connectivity index (χ0) is 8.10. The fraction of sp³-hybridized carbons (Fsp3) is 0.111. The van der Waals surface area contributed by atoms with Gasteiger partial charge in [-0.1, -0.05) is 6.08 Å². The van der Waals surface area contributed by atoms with Gasteiger partial charge >= 0.3 is 0 Å². The SMILES string of the molecule is Cc1cncc(/C=C/C=O)c1. The van der Waals surface area contributed by atoms with Gasteiger partial charge in [-0.25, -0.2) is 0 Å². The first-order valence-electron chi connectivity index (χ1n) is 3.36. The molecule has 0 amide bonds. The highest BCUT2D eigenvalue weighted by atomic mass is 16.1. The van der Waals surface area contributed by atoms with Gasteiger partial charge in [0.15, 0.2) is 0 Å². The molecule has 11 heavy (non-hydrogen) atoms. The summed E-state index contributed by atoms with van der Waals surface area (Å²) in [6, 6.07) is 1.97. The maximum Gasteiger partial charge on any atom is 0.142 e. The van der Waals surface area contributed by atoms with Gasteiger partial charge in [0.2, 0.25) is 0 Å². The van der Waals surface area contributed by atoms with E-state index in [0.717, 1.165) is 17.4 Å². The van der Waals surface area contributed by atoms with E-state index in [4.69, 9.17) is 0 Å². The van der Waals surface area contributed by atoms with Gasteiger partial charge in [-0.15, -0.1) is 0 Å². The number of rotatable bonds is 2. The van der Waals surface area contributed by atoms with Crippen molar-refractivity contribution < 1.29 is 4.79 Å². The summed E-state index contributed by atoms with van der Waals surface area (Å²) in [6.45, 7) is 1.96. The quantitative estimate of drug-likeness (QED) is 0.469. The first kappa shape index (κ1) is 7.66. The smallest absolute Gasteiger partial charge is 0.142 e. The molecule has 1 aromatic rings. The average molecular weight is 147 g/mol. The molecule has 2 nitrogen and oxygen atoms in total. The lowest BCUT2D eigenvalue weighted by Gasteiger charge is -1.92. The second kappa shape index (κ2) is 3.66. The van der Waals surface area contributed by atoms with Crippen LogP contribution in [0.2, 0.25) is 0 Å². The molecule has 0 aliphatic rings. The van der Waals surface area contributed by atoms with Gasteiger partial charge in [0, 0.05) is 12.4 Å². The summed E-state index contributed by atoms with van der Waals surface area (Å²) in [5.41, 5.74) is 2.05. The van der Waals surface area contributed by atoms with Crippen LogP contribution in [-0.2, 0) is 4.79 Å². The van der Waals surface area contributed by atoms with E-state index in [-0.39, 0.29) is 0 Å². The molecule has 56 valence electrons. The van der Waals surface area contributed by atoms with E-state index in [1.165, 1.54) is 6.08 Å². The molecule has 0 saturated carbocycles. The Hall–Kier alpha value is -1.44. The van der Waals surface area contributed by atoms with Gasteiger partial charge in [-0.2, -0.15) is 0 Å². The predicted molar refractivity (Wildman–Crippen MR) is 44.1 cm³/mol. The third kappa shape index (κ3) is 2.34. The van der Waals surface area contributed by atoms with Crippen LogP contribution in [0, 0.1) is 6.92 Å². The van der Waals surface area contributed by atoms with Gasteiger partial charge in [-0.05, 0) is 30.2 Å². The standard InChI is InChI=1S/C9H9NO/c1-8-5-9(3-2-4-11)7-10-6-8/h2-7H,1H3/b3-2+. The summed E-state index contributed by atoms with van der Waals surface area (Å²) in [4.78, 5) is 13.9. The van der Waals surface area contributed by atoms with Gasteiger partial charge in [0.25, 0.3) is 0 Å². The van der Waals surface area contributed by atoms with Crippen molar-refractivity contribution in [1.82, 2.24) is 4.98 Å². The Labute approximate surface area is 65.6 Å². The number of aryl methyl sites for hydroxylation is 1. The number of hydrogen-bond acceptors (Lipinski definition) is 2. The molecule has 1 aromatic heterocycles. The Kier molecular flexibility index (Phi) is 2.55. The summed E-state index contributed by atoms with van der Waals surface area (Å²) in [7, 11) is 0. The molecule has 2 heteroatoms. The first-order chi connectivity index (χ1) is 5.33. The second-order valence-corrected chi connectivity index (χ2v) is 2.29. The lowest BCUT2D eigenvalue weighted by atomic mass is 10.2. The van der Waals surface area contributed by atoms with E-state index in [9.17, 15) is 4.79 Å². The van der Waals surface area contributed by atoms with Gasteiger partial charge in [0.05, 0.1) is 0 Å². The van der Waals surface area contributed by atoms with E-state index >= 15 is 0 Å². The Morgan fingerprint density at radius 2 is 2.27 bits per heavy atom. The summed E-state index contributed by atoms with van der Waals surface area (Å²) in [6.07, 6.45) is 7.43. The van der Waals surface area contributed by atoms with E-state index < -0.39 is 0 Å². The molecule has 0 fully saturated rings. The summed E-state index contributed by atoms with van der Waals surface area (Å²) < 4.78 is 0. The minimum absolute atomic E-state index is 0.752. The van der Waals surface area contributed by atoms with Crippen molar-refractivity contribution in [3.63, 3.8) is 0 Å². The monoisotopic (exact) mass is 147 g/mol.